The third-order valence-corrected chi connectivity index (χ3v) is 2.06. The van der Waals surface area contributed by atoms with Crippen LogP contribution in [0.3, 0.4) is 0 Å². The van der Waals surface area contributed by atoms with Crippen LogP contribution in [0.25, 0.3) is 0 Å². The molecule has 0 spiro atoms. The molecular weight excluding hydrogens is 196 g/mol. The highest BCUT2D eigenvalue weighted by Gasteiger charge is 2.06. The molecule has 0 saturated heterocycles. The molecule has 0 fully saturated rings. The number of hydrogen-bond donors (Lipinski definition) is 2. The number of methoxy groups -OCH3 is 2. The number of aliphatic hydroxyl groups is 1. The van der Waals surface area contributed by atoms with Crippen molar-refractivity contribution in [3.63, 3.8) is 0 Å². The van der Waals surface area contributed by atoms with E-state index in [-0.39, 0.29) is 6.10 Å². The fourth-order valence-electron chi connectivity index (χ4n) is 1.21. The topological polar surface area (TPSA) is 54.0 Å². The molecule has 5 nitrogen and oxygen atoms in total. The Morgan fingerprint density at radius 1 is 1.27 bits per heavy atom. The van der Waals surface area contributed by atoms with E-state index >= 15 is 0 Å². The van der Waals surface area contributed by atoms with Gasteiger partial charge >= 0.3 is 0 Å². The fourth-order valence-corrected chi connectivity index (χ4v) is 1.21. The zero-order chi connectivity index (χ0) is 11.5. The highest BCUT2D eigenvalue weighted by molar-refractivity contribution is 4.64. The molecule has 15 heavy (non-hydrogen) atoms. The minimum absolute atomic E-state index is 0.344. The van der Waals surface area contributed by atoms with Crippen LogP contribution in [0.2, 0.25) is 0 Å². The molecule has 1 unspecified atom stereocenters. The molecule has 2 N–H and O–H groups in total. The Kier molecular flexibility index (Phi) is 10.2. The summed E-state index contributed by atoms with van der Waals surface area (Å²) in [6.07, 6.45) is -0.344. The molecule has 0 aliphatic carbocycles. The van der Waals surface area contributed by atoms with Gasteiger partial charge in [0.05, 0.1) is 19.3 Å². The van der Waals surface area contributed by atoms with Crippen LogP contribution in [0.4, 0.5) is 0 Å². The normalized spacial score (nSPS) is 13.4. The Morgan fingerprint density at radius 2 is 1.93 bits per heavy atom. The third kappa shape index (κ3) is 10.1. The second-order valence-corrected chi connectivity index (χ2v) is 3.61. The van der Waals surface area contributed by atoms with E-state index in [0.717, 1.165) is 13.1 Å². The first-order valence-corrected chi connectivity index (χ1v) is 5.26. The maximum Gasteiger partial charge on any atom is 0.0791 e. The standard InChI is InChI=1S/C10H24N2O3/c1-12(5-7-15-3)9-10(13)8-11-4-6-14-2/h10-11,13H,4-9H2,1-3H3. The van der Waals surface area contributed by atoms with Gasteiger partial charge in [-0.05, 0) is 7.05 Å². The smallest absolute Gasteiger partial charge is 0.0791 e. The second kappa shape index (κ2) is 10.3. The largest absolute Gasteiger partial charge is 0.390 e. The van der Waals surface area contributed by atoms with Gasteiger partial charge in [-0.15, -0.1) is 0 Å². The lowest BCUT2D eigenvalue weighted by atomic mass is 10.3. The first kappa shape index (κ1) is 14.8. The van der Waals surface area contributed by atoms with E-state index in [1.165, 1.54) is 0 Å². The monoisotopic (exact) mass is 220 g/mol. The van der Waals surface area contributed by atoms with Crippen molar-refractivity contribution in [2.45, 2.75) is 6.10 Å². The molecule has 0 aliphatic rings. The molecule has 5 heteroatoms. The lowest BCUT2D eigenvalue weighted by Crippen LogP contribution is -2.38. The molecule has 0 amide bonds. The van der Waals surface area contributed by atoms with Gasteiger partial charge in [0.2, 0.25) is 0 Å². The lowest BCUT2D eigenvalue weighted by Gasteiger charge is -2.20. The molecular formula is C10H24N2O3. The fraction of sp³-hybridized carbons (Fsp3) is 1.00. The Morgan fingerprint density at radius 3 is 2.53 bits per heavy atom. The van der Waals surface area contributed by atoms with Gasteiger partial charge in [0.15, 0.2) is 0 Å². The van der Waals surface area contributed by atoms with Gasteiger partial charge < -0.3 is 24.8 Å². The van der Waals surface area contributed by atoms with E-state index < -0.39 is 0 Å². The zero-order valence-electron chi connectivity index (χ0n) is 10.0. The van der Waals surface area contributed by atoms with Crippen LogP contribution in [0, 0.1) is 0 Å². The SMILES string of the molecule is COCCNCC(O)CN(C)CCOC. The average Bonchev–Trinajstić information content (AvgIpc) is 2.21. The van der Waals surface area contributed by atoms with E-state index in [1.807, 2.05) is 11.9 Å². The summed E-state index contributed by atoms with van der Waals surface area (Å²) in [5.74, 6) is 0. The molecule has 0 bridgehead atoms. The van der Waals surface area contributed by atoms with E-state index in [2.05, 4.69) is 5.32 Å². The number of rotatable bonds is 10. The van der Waals surface area contributed by atoms with Crippen molar-refractivity contribution in [1.29, 1.82) is 0 Å². The summed E-state index contributed by atoms with van der Waals surface area (Å²) in [6, 6.07) is 0. The number of aliphatic hydroxyl groups excluding tert-OH is 1. The Labute approximate surface area is 92.4 Å². The van der Waals surface area contributed by atoms with E-state index in [1.54, 1.807) is 14.2 Å². The second-order valence-electron chi connectivity index (χ2n) is 3.61. The van der Waals surface area contributed by atoms with Crippen LogP contribution in [-0.2, 0) is 9.47 Å². The summed E-state index contributed by atoms with van der Waals surface area (Å²) in [6.45, 7) is 4.23. The van der Waals surface area contributed by atoms with E-state index in [9.17, 15) is 5.11 Å². The number of nitrogens with one attached hydrogen (secondary N) is 1. The molecule has 92 valence electrons. The third-order valence-electron chi connectivity index (χ3n) is 2.06. The van der Waals surface area contributed by atoms with Crippen LogP contribution >= 0.6 is 0 Å². The summed E-state index contributed by atoms with van der Waals surface area (Å²) >= 11 is 0. The van der Waals surface area contributed by atoms with Gasteiger partial charge in [-0.25, -0.2) is 0 Å². The van der Waals surface area contributed by atoms with Crippen LogP contribution in [0.15, 0.2) is 0 Å². The molecule has 0 aliphatic heterocycles. The molecule has 0 radical (unpaired) electrons. The molecule has 0 heterocycles. The van der Waals surface area contributed by atoms with Crippen molar-refractivity contribution < 1.29 is 14.6 Å². The summed E-state index contributed by atoms with van der Waals surface area (Å²) in [5.41, 5.74) is 0. The highest BCUT2D eigenvalue weighted by atomic mass is 16.5. The minimum Gasteiger partial charge on any atom is -0.390 e. The van der Waals surface area contributed by atoms with Gasteiger partial charge in [-0.2, -0.15) is 0 Å². The maximum absolute atomic E-state index is 9.63. The van der Waals surface area contributed by atoms with Gasteiger partial charge in [-0.1, -0.05) is 0 Å². The zero-order valence-corrected chi connectivity index (χ0v) is 10.0. The summed E-state index contributed by atoms with van der Waals surface area (Å²) in [7, 11) is 5.31. The van der Waals surface area contributed by atoms with Gasteiger partial charge in [0, 0.05) is 40.4 Å². The summed E-state index contributed by atoms with van der Waals surface area (Å²) in [5, 5.41) is 12.7. The first-order valence-electron chi connectivity index (χ1n) is 5.26. The Hall–Kier alpha value is -0.200. The van der Waals surface area contributed by atoms with Crippen molar-refractivity contribution in [3.05, 3.63) is 0 Å². The van der Waals surface area contributed by atoms with Gasteiger partial charge in [-0.3, -0.25) is 0 Å². The summed E-state index contributed by atoms with van der Waals surface area (Å²) in [4.78, 5) is 2.05. The van der Waals surface area contributed by atoms with Crippen molar-refractivity contribution in [2.24, 2.45) is 0 Å². The summed E-state index contributed by atoms with van der Waals surface area (Å²) < 4.78 is 9.84. The molecule has 0 rings (SSSR count). The molecule has 0 aromatic heterocycles. The van der Waals surface area contributed by atoms with Crippen molar-refractivity contribution in [1.82, 2.24) is 10.2 Å². The molecule has 0 saturated carbocycles. The molecule has 1 atom stereocenters. The van der Waals surface area contributed by atoms with E-state index in [0.29, 0.717) is 26.3 Å². The first-order chi connectivity index (χ1) is 7.20. The minimum atomic E-state index is -0.344. The van der Waals surface area contributed by atoms with Crippen LogP contribution in [-0.4, -0.2) is 76.8 Å². The quantitative estimate of drug-likeness (QED) is 0.470. The number of nitrogens with zero attached hydrogens (tertiary/aromatic N) is 1. The van der Waals surface area contributed by atoms with Crippen LogP contribution < -0.4 is 5.32 Å². The van der Waals surface area contributed by atoms with Gasteiger partial charge in [0.25, 0.3) is 0 Å². The Bertz CT molecular complexity index is 136. The van der Waals surface area contributed by atoms with E-state index in [4.69, 9.17) is 9.47 Å². The predicted octanol–water partition coefficient (Wildman–Crippen LogP) is -0.838. The number of hydrogen-bond acceptors (Lipinski definition) is 5. The van der Waals surface area contributed by atoms with Crippen molar-refractivity contribution in [3.8, 4) is 0 Å². The van der Waals surface area contributed by atoms with Gasteiger partial charge in [0.1, 0.15) is 0 Å². The van der Waals surface area contributed by atoms with Crippen molar-refractivity contribution in [2.75, 3.05) is 60.7 Å². The molecule has 0 aromatic rings. The van der Waals surface area contributed by atoms with Crippen LogP contribution in [0.1, 0.15) is 0 Å². The highest BCUT2D eigenvalue weighted by Crippen LogP contribution is 1.88. The Balaban J connectivity index is 3.33. The van der Waals surface area contributed by atoms with Crippen LogP contribution in [0.5, 0.6) is 0 Å². The van der Waals surface area contributed by atoms with Crippen molar-refractivity contribution >= 4 is 0 Å². The maximum atomic E-state index is 9.63. The number of likely N-dealkylation sites (N-methyl/N-ethyl adjacent to an activating group) is 1. The lowest BCUT2D eigenvalue weighted by molar-refractivity contribution is 0.100. The average molecular weight is 220 g/mol. The number of ether oxygens (including phenoxy) is 2. The molecule has 0 aromatic carbocycles. The predicted molar refractivity (Wildman–Crippen MR) is 60.1 cm³/mol.